The Hall–Kier alpha value is -0.540. The number of nitrogen functional groups attached to an aromatic ring is 1. The lowest BCUT2D eigenvalue weighted by molar-refractivity contribution is -0.0472. The summed E-state index contributed by atoms with van der Waals surface area (Å²) in [6, 6.07) is 6.01. The van der Waals surface area contributed by atoms with E-state index in [4.69, 9.17) is 10.5 Å². The Morgan fingerprint density at radius 1 is 1.30 bits per heavy atom. The number of halogens is 1. The third-order valence-electron chi connectivity index (χ3n) is 4.41. The minimum absolute atomic E-state index is 0.388. The van der Waals surface area contributed by atoms with Crippen LogP contribution in [-0.4, -0.2) is 6.10 Å². The number of benzene rings is 1. The molecule has 1 aromatic carbocycles. The molecule has 2 rings (SSSR count). The summed E-state index contributed by atoms with van der Waals surface area (Å²) in [4.78, 5) is 0. The van der Waals surface area contributed by atoms with Crippen LogP contribution >= 0.6 is 15.9 Å². The molecule has 3 heteroatoms. The van der Waals surface area contributed by atoms with E-state index in [1.165, 1.54) is 19.3 Å². The Kier molecular flexibility index (Phi) is 5.50. The summed E-state index contributed by atoms with van der Waals surface area (Å²) in [7, 11) is 0. The standard InChI is InChI=1S/C17H26BrNO/c1-11(2)16-5-4-12(3)6-17(16)20-10-13-7-14(18)9-15(19)8-13/h7-9,11-12,16-17H,4-6,10,19H2,1-3H3. The van der Waals surface area contributed by atoms with Crippen molar-refractivity contribution in [3.8, 4) is 0 Å². The molecule has 1 aliphatic carbocycles. The van der Waals surface area contributed by atoms with E-state index in [0.717, 1.165) is 21.6 Å². The number of nitrogens with two attached hydrogens (primary N) is 1. The van der Waals surface area contributed by atoms with Crippen LogP contribution in [0.15, 0.2) is 22.7 Å². The van der Waals surface area contributed by atoms with Gasteiger partial charge >= 0.3 is 0 Å². The molecule has 0 amide bonds. The molecule has 0 radical (unpaired) electrons. The summed E-state index contributed by atoms with van der Waals surface area (Å²) in [6.45, 7) is 7.62. The quantitative estimate of drug-likeness (QED) is 0.782. The van der Waals surface area contributed by atoms with Gasteiger partial charge in [0.15, 0.2) is 0 Å². The van der Waals surface area contributed by atoms with Gasteiger partial charge in [0.25, 0.3) is 0 Å². The maximum atomic E-state index is 6.25. The Labute approximate surface area is 131 Å². The molecule has 3 atom stereocenters. The van der Waals surface area contributed by atoms with E-state index >= 15 is 0 Å². The normalized spacial score (nSPS) is 26.9. The van der Waals surface area contributed by atoms with Crippen LogP contribution in [0, 0.1) is 17.8 Å². The van der Waals surface area contributed by atoms with Gasteiger partial charge in [-0.1, -0.05) is 43.1 Å². The number of hydrogen-bond acceptors (Lipinski definition) is 2. The second-order valence-corrected chi connectivity index (χ2v) is 7.48. The Bertz CT molecular complexity index is 426. The minimum atomic E-state index is 0.388. The second-order valence-electron chi connectivity index (χ2n) is 6.57. The van der Waals surface area contributed by atoms with Crippen LogP contribution in [0.1, 0.15) is 45.6 Å². The number of rotatable bonds is 4. The number of hydrogen-bond donors (Lipinski definition) is 1. The molecule has 112 valence electrons. The van der Waals surface area contributed by atoms with Gasteiger partial charge in [-0.2, -0.15) is 0 Å². The first-order chi connectivity index (χ1) is 9.45. The molecule has 20 heavy (non-hydrogen) atoms. The molecule has 0 spiro atoms. The summed E-state index contributed by atoms with van der Waals surface area (Å²) in [5.41, 5.74) is 7.82. The summed E-state index contributed by atoms with van der Waals surface area (Å²) in [6.07, 6.45) is 4.21. The number of ether oxygens (including phenoxy) is 1. The van der Waals surface area contributed by atoms with Gasteiger partial charge in [0.05, 0.1) is 12.7 Å². The van der Waals surface area contributed by atoms with Crippen molar-refractivity contribution >= 4 is 21.6 Å². The second kappa shape index (κ2) is 6.95. The fourth-order valence-corrected chi connectivity index (χ4v) is 3.83. The van der Waals surface area contributed by atoms with Gasteiger partial charge in [-0.05, 0) is 54.4 Å². The van der Waals surface area contributed by atoms with Crippen molar-refractivity contribution in [2.24, 2.45) is 17.8 Å². The summed E-state index contributed by atoms with van der Waals surface area (Å²) < 4.78 is 7.27. The Morgan fingerprint density at radius 2 is 2.05 bits per heavy atom. The van der Waals surface area contributed by atoms with Crippen molar-refractivity contribution in [3.05, 3.63) is 28.2 Å². The molecule has 0 bridgehead atoms. The topological polar surface area (TPSA) is 35.2 Å². The fraction of sp³-hybridized carbons (Fsp3) is 0.647. The van der Waals surface area contributed by atoms with Gasteiger partial charge in [0, 0.05) is 10.2 Å². The van der Waals surface area contributed by atoms with Crippen molar-refractivity contribution in [2.45, 2.75) is 52.7 Å². The van der Waals surface area contributed by atoms with Crippen molar-refractivity contribution < 1.29 is 4.74 Å². The van der Waals surface area contributed by atoms with E-state index in [9.17, 15) is 0 Å². The monoisotopic (exact) mass is 339 g/mol. The van der Waals surface area contributed by atoms with Gasteiger partial charge in [-0.3, -0.25) is 0 Å². The van der Waals surface area contributed by atoms with Crippen molar-refractivity contribution in [1.82, 2.24) is 0 Å². The third-order valence-corrected chi connectivity index (χ3v) is 4.86. The molecule has 0 aromatic heterocycles. The van der Waals surface area contributed by atoms with Crippen LogP contribution in [-0.2, 0) is 11.3 Å². The van der Waals surface area contributed by atoms with Crippen LogP contribution < -0.4 is 5.73 Å². The van der Waals surface area contributed by atoms with Crippen molar-refractivity contribution in [3.63, 3.8) is 0 Å². The first kappa shape index (κ1) is 15.8. The minimum Gasteiger partial charge on any atom is -0.399 e. The van der Waals surface area contributed by atoms with E-state index in [1.807, 2.05) is 12.1 Å². The van der Waals surface area contributed by atoms with E-state index in [2.05, 4.69) is 42.8 Å². The predicted octanol–water partition coefficient (Wildman–Crippen LogP) is 5.01. The smallest absolute Gasteiger partial charge is 0.0721 e. The molecule has 3 unspecified atom stereocenters. The van der Waals surface area contributed by atoms with Gasteiger partial charge in [-0.15, -0.1) is 0 Å². The van der Waals surface area contributed by atoms with Crippen molar-refractivity contribution in [1.29, 1.82) is 0 Å². The van der Waals surface area contributed by atoms with E-state index in [1.54, 1.807) is 0 Å². The lowest BCUT2D eigenvalue weighted by Gasteiger charge is -2.37. The highest BCUT2D eigenvalue weighted by Crippen LogP contribution is 2.35. The Morgan fingerprint density at radius 3 is 2.70 bits per heavy atom. The summed E-state index contributed by atoms with van der Waals surface area (Å²) >= 11 is 3.49. The maximum Gasteiger partial charge on any atom is 0.0721 e. The predicted molar refractivity (Wildman–Crippen MR) is 88.5 cm³/mol. The van der Waals surface area contributed by atoms with Gasteiger partial charge in [0.1, 0.15) is 0 Å². The van der Waals surface area contributed by atoms with E-state index in [-0.39, 0.29) is 0 Å². The molecule has 0 aliphatic heterocycles. The van der Waals surface area contributed by atoms with E-state index in [0.29, 0.717) is 24.5 Å². The highest BCUT2D eigenvalue weighted by molar-refractivity contribution is 9.10. The zero-order chi connectivity index (χ0) is 14.7. The molecular weight excluding hydrogens is 314 g/mol. The van der Waals surface area contributed by atoms with Gasteiger partial charge in [-0.25, -0.2) is 0 Å². The van der Waals surface area contributed by atoms with Crippen molar-refractivity contribution in [2.75, 3.05) is 5.73 Å². The molecular formula is C17H26BrNO. The summed E-state index contributed by atoms with van der Waals surface area (Å²) in [5, 5.41) is 0. The zero-order valence-electron chi connectivity index (χ0n) is 12.7. The first-order valence-electron chi connectivity index (χ1n) is 7.62. The van der Waals surface area contributed by atoms with E-state index < -0.39 is 0 Å². The molecule has 0 saturated heterocycles. The first-order valence-corrected chi connectivity index (χ1v) is 8.41. The largest absolute Gasteiger partial charge is 0.399 e. The molecule has 1 fully saturated rings. The number of anilines is 1. The third kappa shape index (κ3) is 4.23. The summed E-state index contributed by atoms with van der Waals surface area (Å²) in [5.74, 6) is 2.17. The molecule has 1 saturated carbocycles. The van der Waals surface area contributed by atoms with Crippen LogP contribution in [0.4, 0.5) is 5.69 Å². The lowest BCUT2D eigenvalue weighted by atomic mass is 9.75. The average molecular weight is 340 g/mol. The highest BCUT2D eigenvalue weighted by Gasteiger charge is 2.31. The zero-order valence-corrected chi connectivity index (χ0v) is 14.3. The highest BCUT2D eigenvalue weighted by atomic mass is 79.9. The molecule has 2 N–H and O–H groups in total. The average Bonchev–Trinajstić information content (AvgIpc) is 2.35. The van der Waals surface area contributed by atoms with Crippen LogP contribution in [0.3, 0.4) is 0 Å². The van der Waals surface area contributed by atoms with Gasteiger partial charge in [0.2, 0.25) is 0 Å². The maximum absolute atomic E-state index is 6.25. The van der Waals surface area contributed by atoms with Crippen LogP contribution in [0.25, 0.3) is 0 Å². The molecule has 1 aliphatic rings. The fourth-order valence-electron chi connectivity index (χ4n) is 3.27. The molecule has 0 heterocycles. The van der Waals surface area contributed by atoms with Crippen LogP contribution in [0.5, 0.6) is 0 Å². The SMILES string of the molecule is CC1CCC(C(C)C)C(OCc2cc(N)cc(Br)c2)C1. The van der Waals surface area contributed by atoms with Crippen LogP contribution in [0.2, 0.25) is 0 Å². The van der Waals surface area contributed by atoms with Gasteiger partial charge < -0.3 is 10.5 Å². The lowest BCUT2D eigenvalue weighted by Crippen LogP contribution is -2.34. The molecule has 2 nitrogen and oxygen atoms in total. The molecule has 1 aromatic rings. The Balaban J connectivity index is 1.99.